The van der Waals surface area contributed by atoms with E-state index >= 15 is 0 Å². The second-order valence-corrected chi connectivity index (χ2v) is 4.09. The molecule has 1 nitrogen and oxygen atoms in total. The predicted molar refractivity (Wildman–Crippen MR) is 66.3 cm³/mol. The first-order valence-electron chi connectivity index (χ1n) is 4.48. The molecule has 0 amide bonds. The van der Waals surface area contributed by atoms with Crippen LogP contribution in [0, 0.1) is 0 Å². The van der Waals surface area contributed by atoms with Gasteiger partial charge in [-0.15, -0.1) is 0 Å². The lowest BCUT2D eigenvalue weighted by molar-refractivity contribution is 1.61. The van der Waals surface area contributed by atoms with Crippen molar-refractivity contribution in [2.45, 2.75) is 0 Å². The van der Waals surface area contributed by atoms with Crippen molar-refractivity contribution in [2.24, 2.45) is 0 Å². The van der Waals surface area contributed by atoms with Crippen LogP contribution in [0.15, 0.2) is 42.5 Å². The van der Waals surface area contributed by atoms with Crippen LogP contribution in [0.1, 0.15) is 0 Å². The van der Waals surface area contributed by atoms with Gasteiger partial charge in [-0.25, -0.2) is 0 Å². The minimum Gasteiger partial charge on any atom is -0.399 e. The van der Waals surface area contributed by atoms with Gasteiger partial charge in [0.25, 0.3) is 0 Å². The third-order valence-corrected chi connectivity index (χ3v) is 2.69. The number of halogens is 2. The van der Waals surface area contributed by atoms with E-state index in [1.165, 1.54) is 0 Å². The molecule has 0 unspecified atom stereocenters. The van der Waals surface area contributed by atoms with Gasteiger partial charge in [-0.3, -0.25) is 0 Å². The van der Waals surface area contributed by atoms with Crippen LogP contribution in [0.3, 0.4) is 0 Å². The smallest absolute Gasteiger partial charge is 0.0485 e. The summed E-state index contributed by atoms with van der Waals surface area (Å²) in [6, 6.07) is 12.9. The van der Waals surface area contributed by atoms with Crippen LogP contribution in [0.5, 0.6) is 0 Å². The van der Waals surface area contributed by atoms with E-state index in [2.05, 4.69) is 0 Å². The van der Waals surface area contributed by atoms with Crippen LogP contribution in [0.2, 0.25) is 10.0 Å². The second-order valence-electron chi connectivity index (χ2n) is 3.25. The standard InChI is InChI=1S/C12H9Cl2N/c13-9-4-5-12(14)11(7-9)8-2-1-3-10(15)6-8/h1-7H,15H2. The molecule has 0 aliphatic heterocycles. The first-order chi connectivity index (χ1) is 7.16. The van der Waals surface area contributed by atoms with Crippen LogP contribution >= 0.6 is 23.2 Å². The highest BCUT2D eigenvalue weighted by atomic mass is 35.5. The summed E-state index contributed by atoms with van der Waals surface area (Å²) in [7, 11) is 0. The molecule has 0 radical (unpaired) electrons. The minimum absolute atomic E-state index is 0.664. The van der Waals surface area contributed by atoms with Gasteiger partial charge >= 0.3 is 0 Å². The summed E-state index contributed by atoms with van der Waals surface area (Å²) >= 11 is 12.0. The number of benzene rings is 2. The van der Waals surface area contributed by atoms with Crippen molar-refractivity contribution in [3.63, 3.8) is 0 Å². The summed E-state index contributed by atoms with van der Waals surface area (Å²) in [6.45, 7) is 0. The van der Waals surface area contributed by atoms with Gasteiger partial charge < -0.3 is 5.73 Å². The van der Waals surface area contributed by atoms with Crippen LogP contribution in [-0.4, -0.2) is 0 Å². The molecule has 0 heterocycles. The largest absolute Gasteiger partial charge is 0.399 e. The molecule has 0 spiro atoms. The summed E-state index contributed by atoms with van der Waals surface area (Å²) in [5.74, 6) is 0. The van der Waals surface area contributed by atoms with E-state index < -0.39 is 0 Å². The Hall–Kier alpha value is -1.18. The topological polar surface area (TPSA) is 26.0 Å². The minimum atomic E-state index is 0.664. The van der Waals surface area contributed by atoms with Crippen molar-refractivity contribution >= 4 is 28.9 Å². The Bertz CT molecular complexity index is 495. The van der Waals surface area contributed by atoms with E-state index in [1.807, 2.05) is 30.3 Å². The zero-order chi connectivity index (χ0) is 10.8. The van der Waals surface area contributed by atoms with E-state index in [0.29, 0.717) is 15.7 Å². The van der Waals surface area contributed by atoms with Gasteiger partial charge in [-0.05, 0) is 35.9 Å². The molecule has 2 N–H and O–H groups in total. The number of hydrogen-bond donors (Lipinski definition) is 1. The Labute approximate surface area is 98.4 Å². The molecule has 2 rings (SSSR count). The third kappa shape index (κ3) is 2.25. The van der Waals surface area contributed by atoms with E-state index in [0.717, 1.165) is 11.1 Å². The summed E-state index contributed by atoms with van der Waals surface area (Å²) in [4.78, 5) is 0. The van der Waals surface area contributed by atoms with Gasteiger partial charge in [0.1, 0.15) is 0 Å². The maximum atomic E-state index is 6.08. The molecule has 0 aromatic heterocycles. The quantitative estimate of drug-likeness (QED) is 0.738. The molecule has 3 heteroatoms. The Balaban J connectivity index is 2.58. The molecular weight excluding hydrogens is 229 g/mol. The van der Waals surface area contributed by atoms with Crippen molar-refractivity contribution < 1.29 is 0 Å². The lowest BCUT2D eigenvalue weighted by Gasteiger charge is -2.05. The van der Waals surface area contributed by atoms with Crippen molar-refractivity contribution in [1.82, 2.24) is 0 Å². The molecule has 0 atom stereocenters. The lowest BCUT2D eigenvalue weighted by Crippen LogP contribution is -1.85. The summed E-state index contributed by atoms with van der Waals surface area (Å²) in [5.41, 5.74) is 8.29. The fourth-order valence-electron chi connectivity index (χ4n) is 1.42. The Morgan fingerprint density at radius 3 is 2.47 bits per heavy atom. The van der Waals surface area contributed by atoms with Crippen molar-refractivity contribution in [2.75, 3.05) is 5.73 Å². The predicted octanol–water partition coefficient (Wildman–Crippen LogP) is 4.24. The van der Waals surface area contributed by atoms with Crippen LogP contribution in [-0.2, 0) is 0 Å². The maximum Gasteiger partial charge on any atom is 0.0485 e. The summed E-state index contributed by atoms with van der Waals surface area (Å²) in [5, 5.41) is 1.34. The maximum absolute atomic E-state index is 6.08. The Morgan fingerprint density at radius 1 is 0.933 bits per heavy atom. The number of nitrogen functional groups attached to an aromatic ring is 1. The molecule has 2 aromatic carbocycles. The molecule has 0 aliphatic carbocycles. The van der Waals surface area contributed by atoms with E-state index in [4.69, 9.17) is 28.9 Å². The Kier molecular flexibility index (Phi) is 2.85. The molecule has 0 aliphatic rings. The lowest BCUT2D eigenvalue weighted by atomic mass is 10.1. The normalized spacial score (nSPS) is 10.3. The fourth-order valence-corrected chi connectivity index (χ4v) is 1.82. The van der Waals surface area contributed by atoms with E-state index in [9.17, 15) is 0 Å². The van der Waals surface area contributed by atoms with Crippen molar-refractivity contribution in [3.8, 4) is 11.1 Å². The monoisotopic (exact) mass is 237 g/mol. The average molecular weight is 238 g/mol. The summed E-state index contributed by atoms with van der Waals surface area (Å²) in [6.07, 6.45) is 0. The highest BCUT2D eigenvalue weighted by Crippen LogP contribution is 2.31. The van der Waals surface area contributed by atoms with E-state index in [-0.39, 0.29) is 0 Å². The third-order valence-electron chi connectivity index (χ3n) is 2.13. The number of hydrogen-bond acceptors (Lipinski definition) is 1. The van der Waals surface area contributed by atoms with Gasteiger partial charge in [0.05, 0.1) is 0 Å². The second kappa shape index (κ2) is 4.13. The molecule has 0 saturated heterocycles. The molecule has 0 bridgehead atoms. The molecule has 0 fully saturated rings. The van der Waals surface area contributed by atoms with Gasteiger partial charge in [-0.2, -0.15) is 0 Å². The Morgan fingerprint density at radius 2 is 1.73 bits per heavy atom. The molecule has 15 heavy (non-hydrogen) atoms. The van der Waals surface area contributed by atoms with Gasteiger partial charge in [0, 0.05) is 21.3 Å². The first kappa shape index (κ1) is 10.3. The van der Waals surface area contributed by atoms with Gasteiger partial charge in [0.15, 0.2) is 0 Å². The number of nitrogens with two attached hydrogens (primary N) is 1. The average Bonchev–Trinajstić information content (AvgIpc) is 2.22. The zero-order valence-electron chi connectivity index (χ0n) is 7.87. The molecular formula is C12H9Cl2N. The van der Waals surface area contributed by atoms with Gasteiger partial charge in [0.2, 0.25) is 0 Å². The fraction of sp³-hybridized carbons (Fsp3) is 0. The highest BCUT2D eigenvalue weighted by Gasteiger charge is 2.04. The SMILES string of the molecule is Nc1cccc(-c2cc(Cl)ccc2Cl)c1. The first-order valence-corrected chi connectivity index (χ1v) is 5.23. The highest BCUT2D eigenvalue weighted by molar-refractivity contribution is 6.35. The van der Waals surface area contributed by atoms with Gasteiger partial charge in [-0.1, -0.05) is 35.3 Å². The molecule has 2 aromatic rings. The molecule has 76 valence electrons. The van der Waals surface area contributed by atoms with Crippen molar-refractivity contribution in [3.05, 3.63) is 52.5 Å². The van der Waals surface area contributed by atoms with Crippen LogP contribution in [0.25, 0.3) is 11.1 Å². The van der Waals surface area contributed by atoms with Crippen LogP contribution < -0.4 is 5.73 Å². The molecule has 0 saturated carbocycles. The van der Waals surface area contributed by atoms with Crippen LogP contribution in [0.4, 0.5) is 5.69 Å². The number of anilines is 1. The summed E-state index contributed by atoms with van der Waals surface area (Å²) < 4.78 is 0. The zero-order valence-corrected chi connectivity index (χ0v) is 9.39. The van der Waals surface area contributed by atoms with Crippen molar-refractivity contribution in [1.29, 1.82) is 0 Å². The van der Waals surface area contributed by atoms with E-state index in [1.54, 1.807) is 12.1 Å². The number of rotatable bonds is 1.